The number of aromatic nitrogens is 2. The minimum absolute atomic E-state index is 0.0346. The quantitative estimate of drug-likeness (QED) is 0.897. The van der Waals surface area contributed by atoms with Gasteiger partial charge in [-0.15, -0.1) is 0 Å². The van der Waals surface area contributed by atoms with Crippen LogP contribution in [-0.4, -0.2) is 39.6 Å². The summed E-state index contributed by atoms with van der Waals surface area (Å²) in [4.78, 5) is 46.0. The maximum atomic E-state index is 12.7. The molecule has 1 amide bonds. The van der Waals surface area contributed by atoms with Crippen molar-refractivity contribution in [3.63, 3.8) is 0 Å². The van der Waals surface area contributed by atoms with Crippen LogP contribution >= 0.6 is 0 Å². The molecule has 0 radical (unpaired) electrons. The topological polar surface area (TPSA) is 83.1 Å². The molecule has 2 aromatic rings. The summed E-state index contributed by atoms with van der Waals surface area (Å²) < 4.78 is 0. The zero-order valence-electron chi connectivity index (χ0n) is 16.0. The fourth-order valence-electron chi connectivity index (χ4n) is 3.96. The molecule has 0 aliphatic carbocycles. The second-order valence-corrected chi connectivity index (χ2v) is 7.28. The summed E-state index contributed by atoms with van der Waals surface area (Å²) in [6, 6.07) is 9.79. The van der Waals surface area contributed by atoms with Crippen LogP contribution in [0.1, 0.15) is 42.4 Å². The molecule has 0 saturated carbocycles. The second-order valence-electron chi connectivity index (χ2n) is 7.28. The normalized spacial score (nSPS) is 16.2. The van der Waals surface area contributed by atoms with Crippen molar-refractivity contribution in [2.45, 2.75) is 45.4 Å². The average Bonchev–Trinajstić information content (AvgIpc) is 2.65. The highest BCUT2D eigenvalue weighted by molar-refractivity contribution is 5.88. The van der Waals surface area contributed by atoms with Gasteiger partial charge in [-0.25, -0.2) is 4.98 Å². The highest BCUT2D eigenvalue weighted by Gasteiger charge is 2.41. The van der Waals surface area contributed by atoms with Gasteiger partial charge < -0.3 is 9.88 Å². The highest BCUT2D eigenvalue weighted by Crippen LogP contribution is 2.36. The lowest BCUT2D eigenvalue weighted by Crippen LogP contribution is -2.49. The Balaban J connectivity index is 1.74. The number of carbonyl (C=O) groups excluding carboxylic acids is 2. The highest BCUT2D eigenvalue weighted by atomic mass is 16.2. The molecule has 0 unspecified atom stereocenters. The molecule has 142 valence electrons. The standard InChI is InChI=1S/C21H25N3O3/c1-14-18(20(27)23-16(3)22-14)13-19(26)24-11-9-21(10-12-24,15(2)25)17-7-5-4-6-8-17/h4-8H,9-13H2,1-3H3,(H,22,23,27). The average molecular weight is 367 g/mol. The van der Waals surface area contributed by atoms with Gasteiger partial charge in [-0.2, -0.15) is 0 Å². The smallest absolute Gasteiger partial charge is 0.254 e. The number of Topliss-reactive ketones (excluding diaryl/α,β-unsaturated/α-hetero) is 1. The number of benzene rings is 1. The number of rotatable bonds is 4. The van der Waals surface area contributed by atoms with Crippen LogP contribution in [0, 0.1) is 13.8 Å². The van der Waals surface area contributed by atoms with Crippen molar-refractivity contribution in [1.29, 1.82) is 0 Å². The monoisotopic (exact) mass is 367 g/mol. The Morgan fingerprint density at radius 2 is 1.78 bits per heavy atom. The molecular formula is C21H25N3O3. The lowest BCUT2D eigenvalue weighted by molar-refractivity contribution is -0.135. The van der Waals surface area contributed by atoms with E-state index in [0.717, 1.165) is 5.56 Å². The Hall–Kier alpha value is -2.76. The molecule has 1 aliphatic rings. The van der Waals surface area contributed by atoms with E-state index in [1.807, 2.05) is 30.3 Å². The van der Waals surface area contributed by atoms with Crippen molar-refractivity contribution in [1.82, 2.24) is 14.9 Å². The first-order chi connectivity index (χ1) is 12.8. The van der Waals surface area contributed by atoms with E-state index >= 15 is 0 Å². The predicted molar refractivity (Wildman–Crippen MR) is 103 cm³/mol. The van der Waals surface area contributed by atoms with Gasteiger partial charge in [0, 0.05) is 24.3 Å². The summed E-state index contributed by atoms with van der Waals surface area (Å²) in [5, 5.41) is 0. The Morgan fingerprint density at radius 1 is 1.15 bits per heavy atom. The van der Waals surface area contributed by atoms with Gasteiger partial charge in [-0.3, -0.25) is 14.4 Å². The number of likely N-dealkylation sites (tertiary alicyclic amines) is 1. The SMILES string of the molecule is CC(=O)C1(c2ccccc2)CCN(C(=O)Cc2c(C)nc(C)[nH]c2=O)CC1. The van der Waals surface area contributed by atoms with Gasteiger partial charge in [-0.05, 0) is 39.2 Å². The first-order valence-corrected chi connectivity index (χ1v) is 9.24. The number of ketones is 1. The number of hydrogen-bond donors (Lipinski definition) is 1. The predicted octanol–water partition coefficient (Wildman–Crippen LogP) is 2.08. The van der Waals surface area contributed by atoms with E-state index < -0.39 is 5.41 Å². The molecule has 0 atom stereocenters. The number of amides is 1. The zero-order chi connectivity index (χ0) is 19.6. The summed E-state index contributed by atoms with van der Waals surface area (Å²) in [5.74, 6) is 0.580. The van der Waals surface area contributed by atoms with Gasteiger partial charge in [0.1, 0.15) is 11.6 Å². The van der Waals surface area contributed by atoms with E-state index in [2.05, 4.69) is 9.97 Å². The molecule has 27 heavy (non-hydrogen) atoms. The number of H-pyrrole nitrogens is 1. The summed E-state index contributed by atoms with van der Waals surface area (Å²) in [5.41, 5.74) is 1.23. The van der Waals surface area contributed by atoms with E-state index in [9.17, 15) is 14.4 Å². The lowest BCUT2D eigenvalue weighted by Gasteiger charge is -2.40. The molecule has 1 aromatic heterocycles. The zero-order valence-corrected chi connectivity index (χ0v) is 16.0. The van der Waals surface area contributed by atoms with Gasteiger partial charge in [0.2, 0.25) is 5.91 Å². The van der Waals surface area contributed by atoms with E-state index in [4.69, 9.17) is 0 Å². The third kappa shape index (κ3) is 3.70. The largest absolute Gasteiger partial charge is 0.342 e. The van der Waals surface area contributed by atoms with Crippen LogP contribution in [0.3, 0.4) is 0 Å². The van der Waals surface area contributed by atoms with Crippen LogP contribution < -0.4 is 5.56 Å². The maximum absolute atomic E-state index is 12.7. The van der Waals surface area contributed by atoms with Gasteiger partial charge in [-0.1, -0.05) is 30.3 Å². The molecule has 0 bridgehead atoms. The molecule has 3 rings (SSSR count). The van der Waals surface area contributed by atoms with Crippen LogP contribution in [0.4, 0.5) is 0 Å². The fourth-order valence-corrected chi connectivity index (χ4v) is 3.96. The van der Waals surface area contributed by atoms with Crippen LogP contribution in [0.2, 0.25) is 0 Å². The van der Waals surface area contributed by atoms with Crippen LogP contribution in [0.5, 0.6) is 0 Å². The molecule has 6 heteroatoms. The van der Waals surface area contributed by atoms with Gasteiger partial charge in [0.15, 0.2) is 0 Å². The van der Waals surface area contributed by atoms with Crippen LogP contribution in [0.15, 0.2) is 35.1 Å². The summed E-state index contributed by atoms with van der Waals surface area (Å²) in [7, 11) is 0. The number of aromatic amines is 1. The number of carbonyl (C=O) groups is 2. The van der Waals surface area contributed by atoms with Crippen molar-refractivity contribution < 1.29 is 9.59 Å². The van der Waals surface area contributed by atoms with Crippen LogP contribution in [0.25, 0.3) is 0 Å². The number of nitrogens with zero attached hydrogens (tertiary/aromatic N) is 2. The Bertz CT molecular complexity index is 910. The molecule has 1 fully saturated rings. The molecule has 1 aliphatic heterocycles. The van der Waals surface area contributed by atoms with Gasteiger partial charge >= 0.3 is 0 Å². The fraction of sp³-hybridized carbons (Fsp3) is 0.429. The molecule has 1 aromatic carbocycles. The number of piperidine rings is 1. The van der Waals surface area contributed by atoms with Crippen molar-refractivity contribution in [2.75, 3.05) is 13.1 Å². The molecular weight excluding hydrogens is 342 g/mol. The van der Waals surface area contributed by atoms with Crippen LogP contribution in [-0.2, 0) is 21.4 Å². The Kier molecular flexibility index (Phi) is 5.26. The molecule has 0 spiro atoms. The molecule has 1 N–H and O–H groups in total. The maximum Gasteiger partial charge on any atom is 0.254 e. The second kappa shape index (κ2) is 7.47. The molecule has 1 saturated heterocycles. The molecule has 2 heterocycles. The van der Waals surface area contributed by atoms with Crippen molar-refractivity contribution in [2.24, 2.45) is 0 Å². The van der Waals surface area contributed by atoms with E-state index in [1.54, 1.807) is 25.7 Å². The van der Waals surface area contributed by atoms with Crippen molar-refractivity contribution in [3.8, 4) is 0 Å². The summed E-state index contributed by atoms with van der Waals surface area (Å²) in [6.45, 7) is 6.10. The van der Waals surface area contributed by atoms with Gasteiger partial charge in [0.05, 0.1) is 11.8 Å². The number of nitrogens with one attached hydrogen (secondary N) is 1. The van der Waals surface area contributed by atoms with Crippen molar-refractivity contribution >= 4 is 11.7 Å². The number of hydrogen-bond acceptors (Lipinski definition) is 4. The van der Waals surface area contributed by atoms with E-state index in [1.165, 1.54) is 0 Å². The van der Waals surface area contributed by atoms with E-state index in [0.29, 0.717) is 43.0 Å². The van der Waals surface area contributed by atoms with E-state index in [-0.39, 0.29) is 23.7 Å². The van der Waals surface area contributed by atoms with Crippen molar-refractivity contribution in [3.05, 3.63) is 63.3 Å². The molecule has 6 nitrogen and oxygen atoms in total. The summed E-state index contributed by atoms with van der Waals surface area (Å²) in [6.07, 6.45) is 1.23. The minimum atomic E-state index is -0.531. The third-order valence-electron chi connectivity index (χ3n) is 5.64. The Labute approximate surface area is 158 Å². The van der Waals surface area contributed by atoms with Gasteiger partial charge in [0.25, 0.3) is 5.56 Å². The first-order valence-electron chi connectivity index (χ1n) is 9.24. The Morgan fingerprint density at radius 3 is 2.33 bits per heavy atom. The third-order valence-corrected chi connectivity index (χ3v) is 5.64. The minimum Gasteiger partial charge on any atom is -0.342 e. The lowest BCUT2D eigenvalue weighted by atomic mass is 9.70. The number of aryl methyl sites for hydroxylation is 2. The first kappa shape index (κ1) is 19.0. The summed E-state index contributed by atoms with van der Waals surface area (Å²) >= 11 is 0.